The first-order chi connectivity index (χ1) is 10.3. The SMILES string of the molecule is CC(C)N(CP(C(C)(C)C)C(C)(C)C)CP(C(C)(C)C)C(C)(C)C. The van der Waals surface area contributed by atoms with Crippen molar-refractivity contribution in [3.05, 3.63) is 0 Å². The van der Waals surface area contributed by atoms with Crippen LogP contribution in [-0.2, 0) is 0 Å². The summed E-state index contributed by atoms with van der Waals surface area (Å²) in [6.45, 7) is 34.1. The van der Waals surface area contributed by atoms with Crippen molar-refractivity contribution >= 4 is 15.8 Å². The van der Waals surface area contributed by atoms with Crippen LogP contribution in [0.15, 0.2) is 0 Å². The molecule has 0 aliphatic carbocycles. The summed E-state index contributed by atoms with van der Waals surface area (Å²) in [6.07, 6.45) is 2.54. The molecule has 0 spiro atoms. The average molecular weight is 376 g/mol. The van der Waals surface area contributed by atoms with Crippen molar-refractivity contribution in [3.63, 3.8) is 0 Å². The van der Waals surface area contributed by atoms with Crippen molar-refractivity contribution in [2.45, 2.75) is 124 Å². The van der Waals surface area contributed by atoms with Gasteiger partial charge in [0.05, 0.1) is 0 Å². The molecule has 0 saturated carbocycles. The van der Waals surface area contributed by atoms with Gasteiger partial charge in [0.15, 0.2) is 0 Å². The molecule has 0 aliphatic heterocycles. The Kier molecular flexibility index (Phi) is 8.51. The maximum atomic E-state index is 2.81. The van der Waals surface area contributed by atoms with Crippen LogP contribution in [0.2, 0.25) is 0 Å². The van der Waals surface area contributed by atoms with Crippen LogP contribution in [0.5, 0.6) is 0 Å². The molecule has 0 rings (SSSR count). The minimum Gasteiger partial charge on any atom is -0.293 e. The molecular weight excluding hydrogens is 328 g/mol. The third kappa shape index (κ3) is 8.01. The Morgan fingerprint density at radius 1 is 0.542 bits per heavy atom. The van der Waals surface area contributed by atoms with Crippen LogP contribution < -0.4 is 0 Å². The quantitative estimate of drug-likeness (QED) is 0.444. The number of nitrogens with zero attached hydrogens (tertiary/aromatic N) is 1. The highest BCUT2D eigenvalue weighted by Gasteiger charge is 2.39. The van der Waals surface area contributed by atoms with E-state index in [9.17, 15) is 0 Å². The first-order valence-electron chi connectivity index (χ1n) is 9.57. The minimum atomic E-state index is -0.0806. The molecule has 3 heteroatoms. The third-order valence-corrected chi connectivity index (χ3v) is 12.4. The van der Waals surface area contributed by atoms with Gasteiger partial charge in [-0.05, 0) is 34.5 Å². The van der Waals surface area contributed by atoms with Crippen LogP contribution in [0.25, 0.3) is 0 Å². The summed E-state index contributed by atoms with van der Waals surface area (Å²) < 4.78 is 0. The molecule has 146 valence electrons. The van der Waals surface area contributed by atoms with Gasteiger partial charge in [0.1, 0.15) is 0 Å². The highest BCUT2D eigenvalue weighted by Crippen LogP contribution is 2.63. The van der Waals surface area contributed by atoms with E-state index < -0.39 is 0 Å². The van der Waals surface area contributed by atoms with Gasteiger partial charge in [-0.25, -0.2) is 0 Å². The van der Waals surface area contributed by atoms with Gasteiger partial charge in [-0.2, -0.15) is 0 Å². The maximum absolute atomic E-state index is 2.81. The van der Waals surface area contributed by atoms with Crippen LogP contribution in [0.3, 0.4) is 0 Å². The monoisotopic (exact) mass is 375 g/mol. The van der Waals surface area contributed by atoms with Gasteiger partial charge in [0.2, 0.25) is 0 Å². The summed E-state index contributed by atoms with van der Waals surface area (Å²) in [5, 5.41) is 1.58. The van der Waals surface area contributed by atoms with Crippen molar-refractivity contribution in [1.29, 1.82) is 0 Å². The van der Waals surface area contributed by atoms with Crippen molar-refractivity contribution in [1.82, 2.24) is 4.90 Å². The Labute approximate surface area is 157 Å². The Morgan fingerprint density at radius 2 is 0.750 bits per heavy atom. The molecule has 0 aromatic carbocycles. The molecule has 0 unspecified atom stereocenters. The number of hydrogen-bond acceptors (Lipinski definition) is 1. The first kappa shape index (κ1) is 24.8. The van der Waals surface area contributed by atoms with Gasteiger partial charge in [-0.3, -0.25) is 4.90 Å². The molecule has 0 radical (unpaired) electrons. The lowest BCUT2D eigenvalue weighted by molar-refractivity contribution is 0.297. The molecule has 0 aromatic heterocycles. The summed E-state index contributed by atoms with van der Waals surface area (Å²) in [5.41, 5.74) is 0. The average Bonchev–Trinajstić information content (AvgIpc) is 2.20. The zero-order valence-electron chi connectivity index (χ0n) is 19.3. The Bertz CT molecular complexity index is 313. The lowest BCUT2D eigenvalue weighted by atomic mass is 10.2. The summed E-state index contributed by atoms with van der Waals surface area (Å²) in [6, 6.07) is 0.620. The van der Waals surface area contributed by atoms with Gasteiger partial charge in [0, 0.05) is 18.6 Å². The Morgan fingerprint density at radius 3 is 0.875 bits per heavy atom. The summed E-state index contributed by atoms with van der Waals surface area (Å²) in [7, 11) is -0.161. The topological polar surface area (TPSA) is 3.24 Å². The second-order valence-electron chi connectivity index (χ2n) is 11.5. The Hall–Kier alpha value is 0.820. The molecule has 24 heavy (non-hydrogen) atoms. The van der Waals surface area contributed by atoms with E-state index in [4.69, 9.17) is 0 Å². The van der Waals surface area contributed by atoms with Crippen LogP contribution in [-0.4, -0.2) is 44.1 Å². The largest absolute Gasteiger partial charge is 0.293 e. The third-order valence-electron chi connectivity index (χ3n) is 4.62. The zero-order chi connectivity index (χ0) is 19.7. The highest BCUT2D eigenvalue weighted by molar-refractivity contribution is 7.61. The summed E-state index contributed by atoms with van der Waals surface area (Å²) in [4.78, 5) is 2.81. The zero-order valence-corrected chi connectivity index (χ0v) is 21.1. The van der Waals surface area contributed by atoms with Crippen molar-refractivity contribution in [2.75, 3.05) is 12.6 Å². The van der Waals surface area contributed by atoms with E-state index in [1.54, 1.807) is 0 Å². The predicted molar refractivity (Wildman–Crippen MR) is 120 cm³/mol. The van der Waals surface area contributed by atoms with E-state index >= 15 is 0 Å². The molecular formula is C21H47NP2. The van der Waals surface area contributed by atoms with Gasteiger partial charge in [-0.1, -0.05) is 98.9 Å². The normalized spacial score (nSPS) is 15.2. The minimum absolute atomic E-state index is 0.0806. The predicted octanol–water partition coefficient (Wildman–Crippen LogP) is 7.77. The smallest absolute Gasteiger partial charge is 0.0199 e. The maximum Gasteiger partial charge on any atom is 0.0199 e. The van der Waals surface area contributed by atoms with E-state index in [1.807, 2.05) is 0 Å². The van der Waals surface area contributed by atoms with Crippen LogP contribution >= 0.6 is 15.8 Å². The van der Waals surface area contributed by atoms with E-state index in [1.165, 1.54) is 12.6 Å². The van der Waals surface area contributed by atoms with Crippen LogP contribution in [0, 0.1) is 0 Å². The van der Waals surface area contributed by atoms with Crippen molar-refractivity contribution in [3.8, 4) is 0 Å². The molecule has 1 nitrogen and oxygen atoms in total. The van der Waals surface area contributed by atoms with Gasteiger partial charge in [-0.15, -0.1) is 0 Å². The van der Waals surface area contributed by atoms with Crippen molar-refractivity contribution < 1.29 is 0 Å². The lowest BCUT2D eigenvalue weighted by Gasteiger charge is -2.49. The molecule has 0 bridgehead atoms. The molecule has 0 aromatic rings. The first-order valence-corrected chi connectivity index (χ1v) is 12.6. The summed E-state index contributed by atoms with van der Waals surface area (Å²) in [5.74, 6) is 0. The Balaban J connectivity index is 5.58. The van der Waals surface area contributed by atoms with Crippen molar-refractivity contribution in [2.24, 2.45) is 0 Å². The fourth-order valence-electron chi connectivity index (χ4n) is 3.60. The van der Waals surface area contributed by atoms with E-state index in [0.29, 0.717) is 26.7 Å². The van der Waals surface area contributed by atoms with Crippen LogP contribution in [0.1, 0.15) is 96.9 Å². The second kappa shape index (κ2) is 8.23. The number of hydrogen-bond donors (Lipinski definition) is 0. The van der Waals surface area contributed by atoms with E-state index in [-0.39, 0.29) is 15.8 Å². The fourth-order valence-corrected chi connectivity index (χ4v) is 11.1. The fraction of sp³-hybridized carbons (Fsp3) is 1.00. The molecule has 0 atom stereocenters. The van der Waals surface area contributed by atoms with Crippen LogP contribution in [0.4, 0.5) is 0 Å². The van der Waals surface area contributed by atoms with Gasteiger partial charge >= 0.3 is 0 Å². The van der Waals surface area contributed by atoms with E-state index in [2.05, 4.69) is 102 Å². The molecule has 0 fully saturated rings. The highest BCUT2D eigenvalue weighted by atomic mass is 31.1. The number of rotatable bonds is 5. The second-order valence-corrected chi connectivity index (χ2v) is 19.1. The summed E-state index contributed by atoms with van der Waals surface area (Å²) >= 11 is 0. The molecule has 0 saturated heterocycles. The standard InChI is InChI=1S/C21H47NP2/c1-17(2)22(15-23(18(3,4)5)19(6,7)8)16-24(20(9,10)11)21(12,13)14/h17H,15-16H2,1-14H3. The van der Waals surface area contributed by atoms with Gasteiger partial charge in [0.25, 0.3) is 0 Å². The molecule has 0 amide bonds. The van der Waals surface area contributed by atoms with E-state index in [0.717, 1.165) is 0 Å². The molecule has 0 aliphatic rings. The lowest BCUT2D eigenvalue weighted by Crippen LogP contribution is -2.41. The van der Waals surface area contributed by atoms with Gasteiger partial charge < -0.3 is 0 Å². The molecule has 0 N–H and O–H groups in total. The molecule has 0 heterocycles.